The molecule has 6 nitrogen and oxygen atoms in total. The molecule has 0 spiro atoms. The molecule has 1 saturated heterocycles. The largest absolute Gasteiger partial charge is 0.455 e. The number of hydrogen-bond donors (Lipinski definition) is 1. The van der Waals surface area contributed by atoms with E-state index in [1.165, 1.54) is 16.7 Å². The van der Waals surface area contributed by atoms with E-state index in [2.05, 4.69) is 15.9 Å². The molecule has 0 radical (unpaired) electrons. The van der Waals surface area contributed by atoms with Gasteiger partial charge < -0.3 is 15.4 Å². The van der Waals surface area contributed by atoms with Crippen LogP contribution in [-0.2, 0) is 19.1 Å². The number of primary amides is 1. The molecule has 1 atom stereocenters. The summed E-state index contributed by atoms with van der Waals surface area (Å²) in [6.07, 6.45) is 1.43. The van der Waals surface area contributed by atoms with Gasteiger partial charge in [0.15, 0.2) is 6.61 Å². The standard InChI is InChI=1S/C16H19BrN2O4S/c17-12-3-5-13(6-4-12)24-10-15(21)23-9-14(20)19-7-1-2-11(8-19)16(18)22/h3-6,11H,1-2,7-10H2,(H2,18,22)/t11-/m1/s1. The van der Waals surface area contributed by atoms with Crippen molar-refractivity contribution in [2.75, 3.05) is 25.4 Å². The molecule has 130 valence electrons. The van der Waals surface area contributed by atoms with E-state index < -0.39 is 11.9 Å². The van der Waals surface area contributed by atoms with E-state index in [0.717, 1.165) is 15.8 Å². The lowest BCUT2D eigenvalue weighted by Gasteiger charge is -2.31. The summed E-state index contributed by atoms with van der Waals surface area (Å²) < 4.78 is 5.99. The maximum Gasteiger partial charge on any atom is 0.316 e. The number of esters is 1. The molecule has 1 aromatic rings. The smallest absolute Gasteiger partial charge is 0.316 e. The maximum atomic E-state index is 12.1. The quantitative estimate of drug-likeness (QED) is 0.566. The fourth-order valence-corrected chi connectivity index (χ4v) is 3.34. The third-order valence-corrected chi connectivity index (χ3v) is 5.22. The van der Waals surface area contributed by atoms with Crippen molar-refractivity contribution in [3.05, 3.63) is 28.7 Å². The lowest BCUT2D eigenvalue weighted by Crippen LogP contribution is -2.45. The number of nitrogens with zero attached hydrogens (tertiary/aromatic N) is 1. The van der Waals surface area contributed by atoms with Gasteiger partial charge in [-0.1, -0.05) is 15.9 Å². The van der Waals surface area contributed by atoms with E-state index in [1.54, 1.807) is 0 Å². The van der Waals surface area contributed by atoms with Crippen LogP contribution in [0.2, 0.25) is 0 Å². The molecule has 2 rings (SSSR count). The van der Waals surface area contributed by atoms with Crippen LogP contribution in [0.4, 0.5) is 0 Å². The molecule has 0 unspecified atom stereocenters. The molecular formula is C16H19BrN2O4S. The number of piperidine rings is 1. The van der Waals surface area contributed by atoms with Crippen molar-refractivity contribution in [2.45, 2.75) is 17.7 Å². The molecule has 2 amide bonds. The van der Waals surface area contributed by atoms with Gasteiger partial charge >= 0.3 is 5.97 Å². The van der Waals surface area contributed by atoms with Gasteiger partial charge in [-0.2, -0.15) is 0 Å². The first kappa shape index (κ1) is 18.8. The van der Waals surface area contributed by atoms with Gasteiger partial charge in [0.05, 0.1) is 11.7 Å². The summed E-state index contributed by atoms with van der Waals surface area (Å²) in [4.78, 5) is 37.5. The predicted octanol–water partition coefficient (Wildman–Crippen LogP) is 1.81. The summed E-state index contributed by atoms with van der Waals surface area (Å²) in [6, 6.07) is 7.57. The Balaban J connectivity index is 1.71. The Morgan fingerprint density at radius 1 is 1.29 bits per heavy atom. The van der Waals surface area contributed by atoms with E-state index in [0.29, 0.717) is 19.5 Å². The summed E-state index contributed by atoms with van der Waals surface area (Å²) in [5.74, 6) is -1.30. The highest BCUT2D eigenvalue weighted by Crippen LogP contribution is 2.20. The zero-order valence-electron chi connectivity index (χ0n) is 13.1. The molecule has 0 aromatic heterocycles. The van der Waals surface area contributed by atoms with E-state index >= 15 is 0 Å². The molecule has 24 heavy (non-hydrogen) atoms. The SMILES string of the molecule is NC(=O)[C@@H]1CCCN(C(=O)COC(=O)CSc2ccc(Br)cc2)C1. The summed E-state index contributed by atoms with van der Waals surface area (Å²) in [7, 11) is 0. The van der Waals surface area contributed by atoms with E-state index in [9.17, 15) is 14.4 Å². The first-order chi connectivity index (χ1) is 11.5. The number of hydrogen-bond acceptors (Lipinski definition) is 5. The number of rotatable bonds is 6. The zero-order valence-corrected chi connectivity index (χ0v) is 15.5. The van der Waals surface area contributed by atoms with Gasteiger partial charge in [-0.15, -0.1) is 11.8 Å². The fourth-order valence-electron chi connectivity index (χ4n) is 2.38. The Morgan fingerprint density at radius 3 is 2.67 bits per heavy atom. The third-order valence-electron chi connectivity index (χ3n) is 3.70. The molecule has 1 aliphatic rings. The molecule has 1 aromatic carbocycles. The number of halogens is 1. The minimum atomic E-state index is -0.445. The van der Waals surface area contributed by atoms with Gasteiger partial charge in [0.2, 0.25) is 5.91 Å². The van der Waals surface area contributed by atoms with Crippen molar-refractivity contribution >= 4 is 45.5 Å². The van der Waals surface area contributed by atoms with Crippen LogP contribution in [0, 0.1) is 5.92 Å². The number of nitrogens with two attached hydrogens (primary N) is 1. The summed E-state index contributed by atoms with van der Waals surface area (Å²) in [5, 5.41) is 0. The summed E-state index contributed by atoms with van der Waals surface area (Å²) in [6.45, 7) is 0.568. The van der Waals surface area contributed by atoms with Crippen LogP contribution in [0.15, 0.2) is 33.6 Å². The Hall–Kier alpha value is -1.54. The fraction of sp³-hybridized carbons (Fsp3) is 0.438. The van der Waals surface area contributed by atoms with Gasteiger partial charge in [-0.25, -0.2) is 0 Å². The molecule has 0 saturated carbocycles. The predicted molar refractivity (Wildman–Crippen MR) is 94.3 cm³/mol. The molecular weight excluding hydrogens is 396 g/mol. The highest BCUT2D eigenvalue weighted by molar-refractivity contribution is 9.10. The number of carbonyl (C=O) groups is 3. The molecule has 1 aliphatic heterocycles. The summed E-state index contributed by atoms with van der Waals surface area (Å²) in [5.41, 5.74) is 5.29. The number of thioether (sulfide) groups is 1. The van der Waals surface area contributed by atoms with Crippen LogP contribution < -0.4 is 5.73 Å². The van der Waals surface area contributed by atoms with Crippen LogP contribution in [0.3, 0.4) is 0 Å². The average Bonchev–Trinajstić information content (AvgIpc) is 2.59. The number of benzene rings is 1. The van der Waals surface area contributed by atoms with Crippen LogP contribution >= 0.6 is 27.7 Å². The number of likely N-dealkylation sites (tertiary alicyclic amines) is 1. The minimum absolute atomic E-state index is 0.138. The van der Waals surface area contributed by atoms with Crippen molar-refractivity contribution < 1.29 is 19.1 Å². The first-order valence-corrected chi connectivity index (χ1v) is 9.34. The molecule has 2 N–H and O–H groups in total. The monoisotopic (exact) mass is 414 g/mol. The minimum Gasteiger partial charge on any atom is -0.455 e. The van der Waals surface area contributed by atoms with Gasteiger partial charge in [-0.3, -0.25) is 14.4 Å². The van der Waals surface area contributed by atoms with Crippen LogP contribution in [0.5, 0.6) is 0 Å². The zero-order chi connectivity index (χ0) is 17.5. The van der Waals surface area contributed by atoms with Crippen molar-refractivity contribution in [2.24, 2.45) is 11.7 Å². The van der Waals surface area contributed by atoms with Crippen LogP contribution in [0.25, 0.3) is 0 Å². The Bertz CT molecular complexity index is 609. The summed E-state index contributed by atoms with van der Waals surface area (Å²) >= 11 is 4.69. The lowest BCUT2D eigenvalue weighted by molar-refractivity contribution is -0.151. The van der Waals surface area contributed by atoms with Crippen LogP contribution in [-0.4, -0.2) is 48.1 Å². The Morgan fingerprint density at radius 2 is 2.00 bits per heavy atom. The lowest BCUT2D eigenvalue weighted by atomic mass is 9.97. The topological polar surface area (TPSA) is 89.7 Å². The molecule has 1 heterocycles. The van der Waals surface area contributed by atoms with E-state index in [4.69, 9.17) is 10.5 Å². The number of carbonyl (C=O) groups excluding carboxylic acids is 3. The Labute approximate surface area is 153 Å². The molecule has 1 fully saturated rings. The third kappa shape index (κ3) is 5.83. The second-order valence-corrected chi connectivity index (χ2v) is 7.45. The van der Waals surface area contributed by atoms with E-state index in [1.807, 2.05) is 24.3 Å². The molecule has 8 heteroatoms. The highest BCUT2D eigenvalue weighted by atomic mass is 79.9. The van der Waals surface area contributed by atoms with Crippen molar-refractivity contribution in [1.82, 2.24) is 4.90 Å². The van der Waals surface area contributed by atoms with Crippen molar-refractivity contribution in [3.63, 3.8) is 0 Å². The second kappa shape index (κ2) is 9.08. The molecule has 0 bridgehead atoms. The van der Waals surface area contributed by atoms with E-state index in [-0.39, 0.29) is 24.2 Å². The van der Waals surface area contributed by atoms with Gasteiger partial charge in [0.1, 0.15) is 0 Å². The maximum absolute atomic E-state index is 12.1. The normalized spacial score (nSPS) is 17.4. The Kier molecular flexibility index (Phi) is 7.11. The van der Waals surface area contributed by atoms with Crippen LogP contribution in [0.1, 0.15) is 12.8 Å². The van der Waals surface area contributed by atoms with Gasteiger partial charge in [-0.05, 0) is 37.1 Å². The number of amides is 2. The van der Waals surface area contributed by atoms with Crippen molar-refractivity contribution in [3.8, 4) is 0 Å². The first-order valence-electron chi connectivity index (χ1n) is 7.57. The molecule has 0 aliphatic carbocycles. The van der Waals surface area contributed by atoms with Gasteiger partial charge in [0, 0.05) is 22.5 Å². The second-order valence-electron chi connectivity index (χ2n) is 5.48. The average molecular weight is 415 g/mol. The number of ether oxygens (including phenoxy) is 1. The highest BCUT2D eigenvalue weighted by Gasteiger charge is 2.27. The van der Waals surface area contributed by atoms with Crippen molar-refractivity contribution in [1.29, 1.82) is 0 Å². The van der Waals surface area contributed by atoms with Gasteiger partial charge in [0.25, 0.3) is 5.91 Å².